The van der Waals surface area contributed by atoms with Gasteiger partial charge >= 0.3 is 11.9 Å². The summed E-state index contributed by atoms with van der Waals surface area (Å²) in [6.45, 7) is 1.70. The van der Waals surface area contributed by atoms with Gasteiger partial charge in [0.2, 0.25) is 0 Å². The highest BCUT2D eigenvalue weighted by Crippen LogP contribution is 2.11. The number of ether oxygens (including phenoxy) is 2. The van der Waals surface area contributed by atoms with Crippen LogP contribution in [-0.2, 0) is 20.8 Å². The molecule has 1 heterocycles. The summed E-state index contributed by atoms with van der Waals surface area (Å²) in [5.41, 5.74) is 1.38. The van der Waals surface area contributed by atoms with Crippen LogP contribution in [0.1, 0.15) is 33.3 Å². The van der Waals surface area contributed by atoms with E-state index in [9.17, 15) is 14.4 Å². The number of benzene rings is 1. The number of esters is 2. The van der Waals surface area contributed by atoms with Gasteiger partial charge in [-0.3, -0.25) is 4.79 Å². The van der Waals surface area contributed by atoms with Crippen molar-refractivity contribution < 1.29 is 23.9 Å². The Morgan fingerprint density at radius 2 is 1.88 bits per heavy atom. The second-order valence-electron chi connectivity index (χ2n) is 5.19. The van der Waals surface area contributed by atoms with Gasteiger partial charge in [-0.15, -0.1) is 0 Å². The zero-order chi connectivity index (χ0) is 18.4. The Morgan fingerprint density at radius 3 is 2.44 bits per heavy atom. The molecular weight excluding hydrogens is 348 g/mol. The van der Waals surface area contributed by atoms with Crippen molar-refractivity contribution in [2.45, 2.75) is 19.6 Å². The molecule has 8 heteroatoms. The third kappa shape index (κ3) is 5.09. The van der Waals surface area contributed by atoms with Gasteiger partial charge in [0.1, 0.15) is 5.69 Å². The average molecular weight is 365 g/mol. The number of hydrogen-bond donors (Lipinski definition) is 2. The summed E-state index contributed by atoms with van der Waals surface area (Å²) in [6, 6.07) is 8.02. The first-order valence-corrected chi connectivity index (χ1v) is 7.78. The van der Waals surface area contributed by atoms with E-state index in [1.54, 1.807) is 24.3 Å². The van der Waals surface area contributed by atoms with Crippen LogP contribution >= 0.6 is 11.6 Å². The van der Waals surface area contributed by atoms with E-state index in [2.05, 4.69) is 15.0 Å². The first-order valence-electron chi connectivity index (χ1n) is 7.40. The van der Waals surface area contributed by atoms with Crippen LogP contribution in [0.3, 0.4) is 0 Å². The van der Waals surface area contributed by atoms with E-state index in [0.717, 1.165) is 5.56 Å². The lowest BCUT2D eigenvalue weighted by molar-refractivity contribution is -0.129. The summed E-state index contributed by atoms with van der Waals surface area (Å²) >= 11 is 5.71. The molecule has 0 bridgehead atoms. The molecule has 132 valence electrons. The molecule has 25 heavy (non-hydrogen) atoms. The van der Waals surface area contributed by atoms with Gasteiger partial charge in [-0.25, -0.2) is 9.59 Å². The largest absolute Gasteiger partial charge is 0.465 e. The molecule has 1 aromatic carbocycles. The number of aromatic nitrogens is 1. The maximum atomic E-state index is 12.0. The lowest BCUT2D eigenvalue weighted by Crippen LogP contribution is -2.35. The van der Waals surface area contributed by atoms with E-state index in [1.165, 1.54) is 26.3 Å². The third-order valence-corrected chi connectivity index (χ3v) is 3.58. The number of aromatic amines is 1. The van der Waals surface area contributed by atoms with Crippen molar-refractivity contribution in [1.82, 2.24) is 10.3 Å². The summed E-state index contributed by atoms with van der Waals surface area (Å²) < 4.78 is 9.68. The van der Waals surface area contributed by atoms with E-state index in [0.29, 0.717) is 10.6 Å². The zero-order valence-electron chi connectivity index (χ0n) is 13.7. The molecule has 1 unspecified atom stereocenters. The first kappa shape index (κ1) is 18.5. The van der Waals surface area contributed by atoms with E-state index < -0.39 is 23.9 Å². The molecule has 1 aromatic heterocycles. The molecule has 0 aliphatic rings. The van der Waals surface area contributed by atoms with Gasteiger partial charge in [0.15, 0.2) is 6.10 Å². The molecule has 2 aromatic rings. The summed E-state index contributed by atoms with van der Waals surface area (Å²) in [5, 5.41) is 3.03. The van der Waals surface area contributed by atoms with E-state index >= 15 is 0 Å². The molecule has 0 spiro atoms. The third-order valence-electron chi connectivity index (χ3n) is 3.36. The maximum Gasteiger partial charge on any atom is 0.355 e. The Labute approximate surface area is 149 Å². The minimum atomic E-state index is -0.969. The predicted octanol–water partition coefficient (Wildman–Crippen LogP) is 2.32. The number of rotatable bonds is 6. The highest BCUT2D eigenvalue weighted by atomic mass is 35.5. The quantitative estimate of drug-likeness (QED) is 0.766. The molecule has 0 aliphatic carbocycles. The van der Waals surface area contributed by atoms with Crippen molar-refractivity contribution in [2.24, 2.45) is 0 Å². The van der Waals surface area contributed by atoms with Gasteiger partial charge in [0.05, 0.1) is 17.7 Å². The lowest BCUT2D eigenvalue weighted by Gasteiger charge is -2.13. The fourth-order valence-corrected chi connectivity index (χ4v) is 2.14. The molecule has 1 amide bonds. The Kier molecular flexibility index (Phi) is 6.19. The van der Waals surface area contributed by atoms with Crippen molar-refractivity contribution in [1.29, 1.82) is 0 Å². The number of methoxy groups -OCH3 is 1. The molecule has 0 radical (unpaired) electrons. The minimum Gasteiger partial charge on any atom is -0.465 e. The minimum absolute atomic E-state index is 0.169. The van der Waals surface area contributed by atoms with Crippen LogP contribution in [0.4, 0.5) is 0 Å². The molecule has 7 nitrogen and oxygen atoms in total. The molecule has 0 fully saturated rings. The number of nitrogens with one attached hydrogen (secondary N) is 2. The zero-order valence-corrected chi connectivity index (χ0v) is 14.4. The molecule has 1 atom stereocenters. The topological polar surface area (TPSA) is 97.5 Å². The lowest BCUT2D eigenvalue weighted by atomic mass is 10.1. The van der Waals surface area contributed by atoms with Crippen molar-refractivity contribution in [3.63, 3.8) is 0 Å². The average Bonchev–Trinajstić information content (AvgIpc) is 3.05. The highest BCUT2D eigenvalue weighted by molar-refractivity contribution is 6.30. The maximum absolute atomic E-state index is 12.0. The van der Waals surface area contributed by atoms with Gasteiger partial charge in [-0.05, 0) is 30.7 Å². The van der Waals surface area contributed by atoms with Crippen molar-refractivity contribution >= 4 is 29.4 Å². The first-order chi connectivity index (χ1) is 11.9. The number of hydrogen-bond acceptors (Lipinski definition) is 5. The number of amides is 1. The Balaban J connectivity index is 1.84. The van der Waals surface area contributed by atoms with Gasteiger partial charge in [0.25, 0.3) is 5.91 Å². The Bertz CT molecular complexity index is 770. The predicted molar refractivity (Wildman–Crippen MR) is 90.3 cm³/mol. The second kappa shape index (κ2) is 8.34. The SMILES string of the molecule is COC(=O)c1ccc(CNC(=O)C(C)OC(=O)c2cc(Cl)c[nH]2)cc1. The van der Waals surface area contributed by atoms with Crippen LogP contribution in [0.15, 0.2) is 36.5 Å². The normalized spacial score (nSPS) is 11.5. The van der Waals surface area contributed by atoms with E-state index in [-0.39, 0.29) is 12.2 Å². The van der Waals surface area contributed by atoms with Gasteiger partial charge < -0.3 is 19.8 Å². The Hall–Kier alpha value is -2.80. The smallest absolute Gasteiger partial charge is 0.355 e. The molecule has 0 saturated heterocycles. The fourth-order valence-electron chi connectivity index (χ4n) is 1.97. The van der Waals surface area contributed by atoms with E-state index in [4.69, 9.17) is 16.3 Å². The number of halogens is 1. The molecular formula is C17H17ClN2O5. The van der Waals surface area contributed by atoms with Crippen LogP contribution < -0.4 is 5.32 Å². The summed E-state index contributed by atoms with van der Waals surface area (Å²) in [6.07, 6.45) is 0.477. The fraction of sp³-hybridized carbons (Fsp3) is 0.235. The van der Waals surface area contributed by atoms with Crippen molar-refractivity contribution in [3.8, 4) is 0 Å². The van der Waals surface area contributed by atoms with Crippen LogP contribution in [-0.4, -0.2) is 36.0 Å². The van der Waals surface area contributed by atoms with Gasteiger partial charge in [-0.2, -0.15) is 0 Å². The van der Waals surface area contributed by atoms with Gasteiger partial charge in [0, 0.05) is 12.7 Å². The van der Waals surface area contributed by atoms with Crippen LogP contribution in [0, 0.1) is 0 Å². The second-order valence-corrected chi connectivity index (χ2v) is 5.62. The van der Waals surface area contributed by atoms with E-state index in [1.807, 2.05) is 0 Å². The molecule has 2 N–H and O–H groups in total. The number of carbonyl (C=O) groups is 3. The standard InChI is InChI=1S/C17H17ClN2O5/c1-10(25-17(23)14-7-13(18)9-19-14)15(21)20-8-11-3-5-12(6-4-11)16(22)24-2/h3-7,9-10,19H,8H2,1-2H3,(H,20,21). The molecule has 2 rings (SSSR count). The van der Waals surface area contributed by atoms with Crippen LogP contribution in [0.2, 0.25) is 5.02 Å². The van der Waals surface area contributed by atoms with Crippen LogP contribution in [0.25, 0.3) is 0 Å². The summed E-state index contributed by atoms with van der Waals surface area (Å²) in [7, 11) is 1.31. The molecule has 0 aliphatic heterocycles. The summed E-state index contributed by atoms with van der Waals surface area (Å²) in [4.78, 5) is 37.9. The Morgan fingerprint density at radius 1 is 1.20 bits per heavy atom. The van der Waals surface area contributed by atoms with Crippen molar-refractivity contribution in [2.75, 3.05) is 7.11 Å². The monoisotopic (exact) mass is 364 g/mol. The number of H-pyrrole nitrogens is 1. The summed E-state index contributed by atoms with van der Waals surface area (Å²) in [5.74, 6) is -1.54. The van der Waals surface area contributed by atoms with Gasteiger partial charge in [-0.1, -0.05) is 23.7 Å². The molecule has 0 saturated carbocycles. The van der Waals surface area contributed by atoms with Crippen LogP contribution in [0.5, 0.6) is 0 Å². The van der Waals surface area contributed by atoms with Crippen molar-refractivity contribution in [3.05, 3.63) is 58.4 Å². The number of carbonyl (C=O) groups excluding carboxylic acids is 3. The highest BCUT2D eigenvalue weighted by Gasteiger charge is 2.19.